The molecule has 172 valence electrons. The summed E-state index contributed by atoms with van der Waals surface area (Å²) in [5, 5.41) is 0. The molecule has 1 aliphatic rings. The zero-order chi connectivity index (χ0) is 22.8. The van der Waals surface area contributed by atoms with E-state index < -0.39 is 0 Å². The SMILES string of the molecule is CCOC(=O)C1CCCCC1CCC(=O)CCc1ccc(OC(=O)C(C)C)c(OC)c1. The third-order valence-corrected chi connectivity index (χ3v) is 5.89. The van der Waals surface area contributed by atoms with Gasteiger partial charge in [-0.2, -0.15) is 0 Å². The molecule has 1 fully saturated rings. The van der Waals surface area contributed by atoms with Gasteiger partial charge in [-0.1, -0.05) is 32.8 Å². The number of Topliss-reactive ketones (excluding diaryl/α,β-unsaturated/α-hetero) is 1. The van der Waals surface area contributed by atoms with E-state index in [0.717, 1.165) is 37.7 Å². The second-order valence-electron chi connectivity index (χ2n) is 8.54. The second-order valence-corrected chi connectivity index (χ2v) is 8.54. The Morgan fingerprint density at radius 2 is 1.81 bits per heavy atom. The van der Waals surface area contributed by atoms with Crippen molar-refractivity contribution in [2.45, 2.75) is 72.1 Å². The first-order chi connectivity index (χ1) is 14.8. The minimum Gasteiger partial charge on any atom is -0.493 e. The molecular formula is C25H36O6. The molecule has 0 spiro atoms. The Balaban J connectivity index is 1.86. The molecule has 0 amide bonds. The van der Waals surface area contributed by atoms with Crippen molar-refractivity contribution in [3.05, 3.63) is 23.8 Å². The fourth-order valence-electron chi connectivity index (χ4n) is 4.05. The zero-order valence-electron chi connectivity index (χ0n) is 19.3. The van der Waals surface area contributed by atoms with E-state index in [9.17, 15) is 14.4 Å². The standard InChI is InChI=1S/C25H36O6/c1-5-30-25(28)21-9-7-6-8-19(21)12-14-20(26)13-10-18-11-15-22(23(16-18)29-4)31-24(27)17(2)3/h11,15-17,19,21H,5-10,12-14H2,1-4H3. The van der Waals surface area contributed by atoms with E-state index in [1.165, 1.54) is 7.11 Å². The maximum Gasteiger partial charge on any atom is 0.313 e. The highest BCUT2D eigenvalue weighted by molar-refractivity contribution is 5.79. The first-order valence-corrected chi connectivity index (χ1v) is 11.4. The number of aryl methyl sites for hydroxylation is 1. The van der Waals surface area contributed by atoms with Crippen LogP contribution in [0.15, 0.2) is 18.2 Å². The minimum atomic E-state index is -0.315. The summed E-state index contributed by atoms with van der Waals surface area (Å²) < 4.78 is 15.9. The van der Waals surface area contributed by atoms with Crippen LogP contribution >= 0.6 is 0 Å². The zero-order valence-corrected chi connectivity index (χ0v) is 19.3. The summed E-state index contributed by atoms with van der Waals surface area (Å²) in [6.07, 6.45) is 6.29. The highest BCUT2D eigenvalue weighted by atomic mass is 16.6. The number of benzene rings is 1. The Labute approximate surface area is 185 Å². The van der Waals surface area contributed by atoms with Gasteiger partial charge in [0.1, 0.15) is 5.78 Å². The molecule has 2 unspecified atom stereocenters. The highest BCUT2D eigenvalue weighted by Crippen LogP contribution is 2.34. The van der Waals surface area contributed by atoms with Gasteiger partial charge in [-0.3, -0.25) is 14.4 Å². The monoisotopic (exact) mass is 432 g/mol. The average molecular weight is 433 g/mol. The Morgan fingerprint density at radius 1 is 1.06 bits per heavy atom. The van der Waals surface area contributed by atoms with Crippen LogP contribution in [0.1, 0.15) is 71.3 Å². The molecule has 1 aromatic carbocycles. The Kier molecular flexibility index (Phi) is 10.0. The summed E-state index contributed by atoms with van der Waals surface area (Å²) in [7, 11) is 1.53. The summed E-state index contributed by atoms with van der Waals surface area (Å²) >= 11 is 0. The Bertz CT molecular complexity index is 754. The van der Waals surface area contributed by atoms with Crippen LogP contribution < -0.4 is 9.47 Å². The van der Waals surface area contributed by atoms with Crippen molar-refractivity contribution in [2.24, 2.45) is 17.8 Å². The van der Waals surface area contributed by atoms with Crippen molar-refractivity contribution in [1.29, 1.82) is 0 Å². The van der Waals surface area contributed by atoms with Crippen LogP contribution in [0.25, 0.3) is 0 Å². The van der Waals surface area contributed by atoms with Gasteiger partial charge in [0.25, 0.3) is 0 Å². The lowest BCUT2D eigenvalue weighted by molar-refractivity contribution is -0.151. The normalized spacial score (nSPS) is 18.5. The number of methoxy groups -OCH3 is 1. The van der Waals surface area contributed by atoms with Gasteiger partial charge in [-0.15, -0.1) is 0 Å². The Morgan fingerprint density at radius 3 is 2.48 bits per heavy atom. The first kappa shape index (κ1) is 24.9. The lowest BCUT2D eigenvalue weighted by Gasteiger charge is -2.29. The van der Waals surface area contributed by atoms with Crippen molar-refractivity contribution in [3.8, 4) is 11.5 Å². The predicted molar refractivity (Wildman–Crippen MR) is 118 cm³/mol. The average Bonchev–Trinajstić information content (AvgIpc) is 2.77. The maximum absolute atomic E-state index is 12.5. The molecule has 0 aromatic heterocycles. The smallest absolute Gasteiger partial charge is 0.313 e. The third kappa shape index (κ3) is 7.67. The number of carbonyl (C=O) groups excluding carboxylic acids is 3. The molecule has 0 radical (unpaired) electrons. The molecule has 6 nitrogen and oxygen atoms in total. The number of rotatable bonds is 11. The van der Waals surface area contributed by atoms with Crippen LogP contribution in [0.4, 0.5) is 0 Å². The van der Waals surface area contributed by atoms with Gasteiger partial charge in [0.15, 0.2) is 11.5 Å². The molecular weight excluding hydrogens is 396 g/mol. The van der Waals surface area contributed by atoms with Crippen LogP contribution in [0.2, 0.25) is 0 Å². The van der Waals surface area contributed by atoms with Crippen molar-refractivity contribution < 1.29 is 28.6 Å². The van der Waals surface area contributed by atoms with Crippen molar-refractivity contribution in [3.63, 3.8) is 0 Å². The molecule has 0 bridgehead atoms. The summed E-state index contributed by atoms with van der Waals surface area (Å²) in [6, 6.07) is 5.38. The van der Waals surface area contributed by atoms with Gasteiger partial charge < -0.3 is 14.2 Å². The van der Waals surface area contributed by atoms with Crippen LogP contribution in [-0.2, 0) is 25.5 Å². The molecule has 2 atom stereocenters. The molecule has 0 heterocycles. The van der Waals surface area contributed by atoms with E-state index in [1.807, 2.05) is 19.1 Å². The number of carbonyl (C=O) groups is 3. The van der Waals surface area contributed by atoms with Crippen LogP contribution in [0.3, 0.4) is 0 Å². The molecule has 1 aromatic rings. The van der Waals surface area contributed by atoms with Gasteiger partial charge in [0.2, 0.25) is 0 Å². The van der Waals surface area contributed by atoms with E-state index in [0.29, 0.717) is 37.4 Å². The van der Waals surface area contributed by atoms with E-state index in [2.05, 4.69) is 0 Å². The molecule has 0 N–H and O–H groups in total. The van der Waals surface area contributed by atoms with Crippen LogP contribution in [0, 0.1) is 17.8 Å². The van der Waals surface area contributed by atoms with Gasteiger partial charge in [-0.05, 0) is 56.2 Å². The molecule has 6 heteroatoms. The van der Waals surface area contributed by atoms with Gasteiger partial charge in [-0.25, -0.2) is 0 Å². The van der Waals surface area contributed by atoms with Crippen LogP contribution in [-0.4, -0.2) is 31.4 Å². The molecule has 2 rings (SSSR count). The van der Waals surface area contributed by atoms with Gasteiger partial charge >= 0.3 is 11.9 Å². The lowest BCUT2D eigenvalue weighted by atomic mass is 9.76. The van der Waals surface area contributed by atoms with E-state index >= 15 is 0 Å². The van der Waals surface area contributed by atoms with E-state index in [-0.39, 0.29) is 35.5 Å². The highest BCUT2D eigenvalue weighted by Gasteiger charge is 2.32. The molecule has 1 saturated carbocycles. The number of ether oxygens (including phenoxy) is 3. The quantitative estimate of drug-likeness (QED) is 0.365. The summed E-state index contributed by atoms with van der Waals surface area (Å²) in [5.41, 5.74) is 0.955. The van der Waals surface area contributed by atoms with Crippen molar-refractivity contribution in [2.75, 3.05) is 13.7 Å². The summed E-state index contributed by atoms with van der Waals surface area (Å²) in [6.45, 7) is 5.78. The number of ketones is 1. The molecule has 0 aliphatic heterocycles. The number of hydrogen-bond acceptors (Lipinski definition) is 6. The minimum absolute atomic E-state index is 0.0631. The fraction of sp³-hybridized carbons (Fsp3) is 0.640. The maximum atomic E-state index is 12.5. The topological polar surface area (TPSA) is 78.9 Å². The number of hydrogen-bond donors (Lipinski definition) is 0. The fourth-order valence-corrected chi connectivity index (χ4v) is 4.05. The number of esters is 2. The van der Waals surface area contributed by atoms with Gasteiger partial charge in [0.05, 0.1) is 25.6 Å². The van der Waals surface area contributed by atoms with E-state index in [1.54, 1.807) is 19.9 Å². The van der Waals surface area contributed by atoms with Crippen molar-refractivity contribution >= 4 is 17.7 Å². The van der Waals surface area contributed by atoms with Crippen molar-refractivity contribution in [1.82, 2.24) is 0 Å². The molecule has 0 saturated heterocycles. The van der Waals surface area contributed by atoms with Crippen LogP contribution in [0.5, 0.6) is 11.5 Å². The summed E-state index contributed by atoms with van der Waals surface area (Å²) in [5.74, 6) is 0.600. The largest absolute Gasteiger partial charge is 0.493 e. The third-order valence-electron chi connectivity index (χ3n) is 5.89. The molecule has 1 aliphatic carbocycles. The predicted octanol–water partition coefficient (Wildman–Crippen LogP) is 4.91. The first-order valence-electron chi connectivity index (χ1n) is 11.4. The second kappa shape index (κ2) is 12.5. The Hall–Kier alpha value is -2.37. The summed E-state index contributed by atoms with van der Waals surface area (Å²) in [4.78, 5) is 36.5. The van der Waals surface area contributed by atoms with E-state index in [4.69, 9.17) is 14.2 Å². The van der Waals surface area contributed by atoms with Gasteiger partial charge in [0, 0.05) is 12.8 Å². The lowest BCUT2D eigenvalue weighted by Crippen LogP contribution is -2.29. The molecule has 31 heavy (non-hydrogen) atoms.